The molecule has 1 aromatic carbocycles. The van der Waals surface area contributed by atoms with Gasteiger partial charge in [0.25, 0.3) is 0 Å². The van der Waals surface area contributed by atoms with Crippen molar-refractivity contribution in [3.05, 3.63) is 47.3 Å². The number of rotatable bonds is 12. The van der Waals surface area contributed by atoms with Crippen LogP contribution in [0.15, 0.2) is 30.6 Å². The molecule has 0 bridgehead atoms. The van der Waals surface area contributed by atoms with E-state index >= 15 is 0 Å². The first-order valence-corrected chi connectivity index (χ1v) is 12.7. The lowest BCUT2D eigenvalue weighted by atomic mass is 9.99. The first kappa shape index (κ1) is 26.6. The van der Waals surface area contributed by atoms with Crippen molar-refractivity contribution in [3.8, 4) is 11.5 Å². The van der Waals surface area contributed by atoms with E-state index in [1.165, 1.54) is 19.2 Å². The molecule has 0 aliphatic heterocycles. The van der Waals surface area contributed by atoms with E-state index in [2.05, 4.69) is 10.1 Å². The van der Waals surface area contributed by atoms with Crippen LogP contribution in [0.3, 0.4) is 0 Å². The highest BCUT2D eigenvalue weighted by Gasteiger charge is 2.30. The van der Waals surface area contributed by atoms with Crippen LogP contribution in [0.5, 0.6) is 11.5 Å². The third-order valence-corrected chi connectivity index (χ3v) is 6.45. The second kappa shape index (κ2) is 11.7. The van der Waals surface area contributed by atoms with E-state index < -0.39 is 18.2 Å². The first-order valence-electron chi connectivity index (χ1n) is 12.7. The van der Waals surface area contributed by atoms with E-state index in [0.29, 0.717) is 41.4 Å². The second-order valence-electron chi connectivity index (χ2n) is 9.09. The summed E-state index contributed by atoms with van der Waals surface area (Å²) in [5.74, 6) is -0.602. The molecule has 2 N–H and O–H groups in total. The number of aromatic carboxylic acids is 1. The number of ketones is 1. The van der Waals surface area contributed by atoms with E-state index in [-0.39, 0.29) is 29.5 Å². The van der Waals surface area contributed by atoms with E-state index in [9.17, 15) is 19.8 Å². The van der Waals surface area contributed by atoms with Gasteiger partial charge in [0.2, 0.25) is 0 Å². The lowest BCUT2D eigenvalue weighted by Gasteiger charge is -2.28. The summed E-state index contributed by atoms with van der Waals surface area (Å²) in [6, 6.07) is 4.72. The summed E-state index contributed by atoms with van der Waals surface area (Å²) in [5, 5.41) is 25.5. The van der Waals surface area contributed by atoms with Gasteiger partial charge in [0.1, 0.15) is 40.3 Å². The van der Waals surface area contributed by atoms with Crippen LogP contribution in [0.1, 0.15) is 78.8 Å². The molecule has 2 atom stereocenters. The van der Waals surface area contributed by atoms with Gasteiger partial charge < -0.3 is 24.4 Å². The van der Waals surface area contributed by atoms with Crippen molar-refractivity contribution in [1.29, 1.82) is 0 Å². The van der Waals surface area contributed by atoms with Crippen molar-refractivity contribution < 1.29 is 34.0 Å². The highest BCUT2D eigenvalue weighted by molar-refractivity contribution is 6.00. The number of aliphatic hydroxyl groups excluding tert-OH is 1. The molecule has 1 saturated carbocycles. The fourth-order valence-electron chi connectivity index (χ4n) is 4.79. The van der Waals surface area contributed by atoms with Crippen LogP contribution in [0.25, 0.3) is 11.0 Å². The van der Waals surface area contributed by atoms with Crippen LogP contribution in [0.2, 0.25) is 0 Å². The summed E-state index contributed by atoms with van der Waals surface area (Å²) in [4.78, 5) is 28.2. The second-order valence-corrected chi connectivity index (χ2v) is 9.09. The number of aromatic nitrogens is 3. The van der Waals surface area contributed by atoms with Crippen LogP contribution in [0, 0.1) is 0 Å². The average molecular weight is 512 g/mol. The Bertz CT molecular complexity index is 1240. The third-order valence-electron chi connectivity index (χ3n) is 6.45. The van der Waals surface area contributed by atoms with Gasteiger partial charge in [-0.15, -0.1) is 0 Å². The number of pyridine rings is 1. The monoisotopic (exact) mass is 511 g/mol. The number of ether oxygens (including phenoxy) is 3. The van der Waals surface area contributed by atoms with Gasteiger partial charge in [-0.25, -0.2) is 4.79 Å². The molecule has 37 heavy (non-hydrogen) atoms. The largest absolute Gasteiger partial charge is 0.493 e. The molecule has 1 fully saturated rings. The molecule has 0 amide bonds. The van der Waals surface area contributed by atoms with Crippen molar-refractivity contribution in [2.24, 2.45) is 0 Å². The Labute approximate surface area is 215 Å². The number of aliphatic hydroxyl groups is 1. The molecule has 1 aliphatic carbocycles. The molecule has 0 radical (unpaired) electrons. The lowest BCUT2D eigenvalue weighted by Crippen LogP contribution is -2.31. The maximum absolute atomic E-state index is 12.4. The summed E-state index contributed by atoms with van der Waals surface area (Å²) in [6.07, 6.45) is 5.17. The molecule has 3 aromatic rings. The summed E-state index contributed by atoms with van der Waals surface area (Å²) >= 11 is 0. The Morgan fingerprint density at radius 1 is 1.14 bits per heavy atom. The summed E-state index contributed by atoms with van der Waals surface area (Å²) in [6.45, 7) is 5.93. The predicted molar refractivity (Wildman–Crippen MR) is 135 cm³/mol. The SMILES string of the molecule is CCOc1cc([C@@H](O)[C@H](Cn2cc3nccc(C(=O)O)c3n2)OC2CCCC2)cc(OCC)c1C(C)=O. The Morgan fingerprint density at radius 3 is 2.35 bits per heavy atom. The van der Waals surface area contributed by atoms with Gasteiger partial charge in [-0.05, 0) is 57.4 Å². The van der Waals surface area contributed by atoms with Crippen LogP contribution in [-0.2, 0) is 11.3 Å². The topological polar surface area (TPSA) is 133 Å². The number of Topliss-reactive ketones (excluding diaryl/α,β-unsaturated/α-hetero) is 1. The molecule has 198 valence electrons. The number of nitrogens with zero attached hydrogens (tertiary/aromatic N) is 3. The highest BCUT2D eigenvalue weighted by Crippen LogP contribution is 2.36. The van der Waals surface area contributed by atoms with Crippen LogP contribution in [-0.4, -0.2) is 62.2 Å². The molecule has 0 saturated heterocycles. The molecule has 4 rings (SSSR count). The number of carboxylic acid groups (broad SMARTS) is 1. The molecular formula is C27H33N3O7. The summed E-state index contributed by atoms with van der Waals surface area (Å²) in [5.41, 5.74) is 1.59. The van der Waals surface area contributed by atoms with Gasteiger partial charge >= 0.3 is 5.97 Å². The minimum atomic E-state index is -1.10. The number of carbonyl (C=O) groups excluding carboxylic acids is 1. The molecule has 0 unspecified atom stereocenters. The predicted octanol–water partition coefficient (Wildman–Crippen LogP) is 4.19. The average Bonchev–Trinajstić information content (AvgIpc) is 3.52. The van der Waals surface area contributed by atoms with Crippen LogP contribution < -0.4 is 9.47 Å². The molecule has 1 aliphatic rings. The Balaban J connectivity index is 1.72. The van der Waals surface area contributed by atoms with E-state index in [4.69, 9.17) is 14.2 Å². The minimum Gasteiger partial charge on any atom is -0.493 e. The van der Waals surface area contributed by atoms with Gasteiger partial charge in [-0.1, -0.05) is 12.8 Å². The van der Waals surface area contributed by atoms with Gasteiger partial charge in [0.15, 0.2) is 5.78 Å². The van der Waals surface area contributed by atoms with E-state index in [1.54, 1.807) is 23.0 Å². The molecular weight excluding hydrogens is 478 g/mol. The maximum atomic E-state index is 12.4. The van der Waals surface area contributed by atoms with Gasteiger partial charge in [-0.3, -0.25) is 14.5 Å². The fourth-order valence-corrected chi connectivity index (χ4v) is 4.79. The summed E-state index contributed by atoms with van der Waals surface area (Å²) < 4.78 is 19.4. The fraction of sp³-hybridized carbons (Fsp3) is 0.481. The van der Waals surface area contributed by atoms with Crippen molar-refractivity contribution in [2.75, 3.05) is 13.2 Å². The lowest BCUT2D eigenvalue weighted by molar-refractivity contribution is -0.0845. The normalized spacial score (nSPS) is 15.6. The zero-order chi connectivity index (χ0) is 26.5. The standard InChI is InChI=1S/C27H33N3O7/c1-4-35-21-12-17(13-22(36-5-2)24(21)16(3)31)26(32)23(37-18-8-6-7-9-18)15-30-14-20-25(29-30)19(27(33)34)10-11-28-20/h10-14,18,23,26,32H,4-9,15H2,1-3H3,(H,33,34)/t23-,26+/m0/s1. The number of hydrogen-bond donors (Lipinski definition) is 2. The zero-order valence-corrected chi connectivity index (χ0v) is 21.3. The zero-order valence-electron chi connectivity index (χ0n) is 21.3. The molecule has 0 spiro atoms. The third kappa shape index (κ3) is 5.91. The Morgan fingerprint density at radius 2 is 1.78 bits per heavy atom. The van der Waals surface area contributed by atoms with Crippen molar-refractivity contribution >= 4 is 22.8 Å². The van der Waals surface area contributed by atoms with Crippen LogP contribution in [0.4, 0.5) is 0 Å². The number of fused-ring (bicyclic) bond motifs is 1. The van der Waals surface area contributed by atoms with E-state index in [1.807, 2.05) is 13.8 Å². The Kier molecular flexibility index (Phi) is 8.40. The van der Waals surface area contributed by atoms with Gasteiger partial charge in [0, 0.05) is 6.20 Å². The number of carboxylic acids is 1. The van der Waals surface area contributed by atoms with Gasteiger partial charge in [0.05, 0.1) is 37.6 Å². The highest BCUT2D eigenvalue weighted by atomic mass is 16.5. The molecule has 2 heterocycles. The van der Waals surface area contributed by atoms with Crippen molar-refractivity contribution in [2.45, 2.75) is 71.3 Å². The number of benzene rings is 1. The quantitative estimate of drug-likeness (QED) is 0.343. The van der Waals surface area contributed by atoms with Crippen molar-refractivity contribution in [1.82, 2.24) is 14.8 Å². The molecule has 2 aromatic heterocycles. The number of hydrogen-bond acceptors (Lipinski definition) is 8. The maximum Gasteiger partial charge on any atom is 0.338 e. The van der Waals surface area contributed by atoms with Crippen molar-refractivity contribution in [3.63, 3.8) is 0 Å². The smallest absolute Gasteiger partial charge is 0.338 e. The van der Waals surface area contributed by atoms with Crippen LogP contribution >= 0.6 is 0 Å². The van der Waals surface area contributed by atoms with Gasteiger partial charge in [-0.2, -0.15) is 5.10 Å². The minimum absolute atomic E-state index is 0.00782. The summed E-state index contributed by atoms with van der Waals surface area (Å²) in [7, 11) is 0. The molecule has 10 nitrogen and oxygen atoms in total. The van der Waals surface area contributed by atoms with E-state index in [0.717, 1.165) is 25.7 Å². The Hall–Kier alpha value is -3.50. The number of carbonyl (C=O) groups is 2. The molecule has 10 heteroatoms. The first-order chi connectivity index (χ1) is 17.8.